The Bertz CT molecular complexity index is 832. The Labute approximate surface area is 120 Å². The van der Waals surface area contributed by atoms with E-state index in [0.29, 0.717) is 16.9 Å². The van der Waals surface area contributed by atoms with Gasteiger partial charge in [-0.15, -0.1) is 0 Å². The van der Waals surface area contributed by atoms with Crippen LogP contribution in [0.2, 0.25) is 0 Å². The molecule has 1 N–H and O–H groups in total. The zero-order valence-corrected chi connectivity index (χ0v) is 11.5. The predicted molar refractivity (Wildman–Crippen MR) is 73.0 cm³/mol. The second-order valence-electron chi connectivity index (χ2n) is 4.08. The number of aromatic nitrogens is 3. The maximum atomic E-state index is 13.8. The van der Waals surface area contributed by atoms with Crippen LogP contribution in [0.5, 0.6) is 0 Å². The highest BCUT2D eigenvalue weighted by molar-refractivity contribution is 9.10. The van der Waals surface area contributed by atoms with E-state index in [9.17, 15) is 9.18 Å². The van der Waals surface area contributed by atoms with Crippen LogP contribution in [-0.4, -0.2) is 25.7 Å². The molecule has 0 aliphatic carbocycles. The highest BCUT2D eigenvalue weighted by Gasteiger charge is 2.12. The largest absolute Gasteiger partial charge is 0.476 e. The van der Waals surface area contributed by atoms with Gasteiger partial charge in [-0.1, -0.05) is 15.9 Å². The third kappa shape index (κ3) is 2.16. The molecule has 20 heavy (non-hydrogen) atoms. The highest BCUT2D eigenvalue weighted by atomic mass is 79.9. The van der Waals surface area contributed by atoms with E-state index in [1.54, 1.807) is 24.3 Å². The van der Waals surface area contributed by atoms with Gasteiger partial charge in [0.2, 0.25) is 0 Å². The summed E-state index contributed by atoms with van der Waals surface area (Å²) in [6.07, 6.45) is 1.29. The number of hydrogen-bond donors (Lipinski definition) is 1. The first-order valence-corrected chi connectivity index (χ1v) is 6.39. The minimum atomic E-state index is -1.13. The van der Waals surface area contributed by atoms with Crippen LogP contribution in [0.3, 0.4) is 0 Å². The van der Waals surface area contributed by atoms with Crippen molar-refractivity contribution < 1.29 is 14.3 Å². The van der Waals surface area contributed by atoms with Crippen LogP contribution >= 0.6 is 15.9 Å². The van der Waals surface area contributed by atoms with Crippen LogP contribution < -0.4 is 0 Å². The lowest BCUT2D eigenvalue weighted by Crippen LogP contribution is -1.96. The Hall–Kier alpha value is -2.28. The molecular weight excluding hydrogens is 329 g/mol. The monoisotopic (exact) mass is 335 g/mol. The summed E-state index contributed by atoms with van der Waals surface area (Å²) < 4.78 is 15.9. The summed E-state index contributed by atoms with van der Waals surface area (Å²) in [6.45, 7) is 0. The topological polar surface area (TPSA) is 67.5 Å². The third-order valence-electron chi connectivity index (χ3n) is 2.74. The lowest BCUT2D eigenvalue weighted by atomic mass is 10.1. The van der Waals surface area contributed by atoms with Crippen LogP contribution in [0.4, 0.5) is 4.39 Å². The number of imidazole rings is 1. The van der Waals surface area contributed by atoms with E-state index in [2.05, 4.69) is 26.0 Å². The van der Waals surface area contributed by atoms with Crippen LogP contribution in [0.25, 0.3) is 16.9 Å². The van der Waals surface area contributed by atoms with Crippen molar-refractivity contribution in [1.82, 2.24) is 14.6 Å². The van der Waals surface area contributed by atoms with Gasteiger partial charge in [-0.3, -0.25) is 0 Å². The van der Waals surface area contributed by atoms with Gasteiger partial charge in [0.05, 0.1) is 11.9 Å². The molecule has 0 fully saturated rings. The quantitative estimate of drug-likeness (QED) is 0.781. The summed E-state index contributed by atoms with van der Waals surface area (Å²) in [4.78, 5) is 14.7. The van der Waals surface area contributed by atoms with Gasteiger partial charge in [-0.2, -0.15) is 5.10 Å². The van der Waals surface area contributed by atoms with Crippen molar-refractivity contribution in [1.29, 1.82) is 0 Å². The molecule has 5 nitrogen and oxygen atoms in total. The molecular formula is C13H7BrFN3O2. The van der Waals surface area contributed by atoms with E-state index in [1.807, 2.05) is 0 Å². The van der Waals surface area contributed by atoms with Crippen LogP contribution in [0.1, 0.15) is 10.5 Å². The van der Waals surface area contributed by atoms with Gasteiger partial charge >= 0.3 is 5.97 Å². The van der Waals surface area contributed by atoms with Gasteiger partial charge in [-0.05, 0) is 30.3 Å². The van der Waals surface area contributed by atoms with Crippen molar-refractivity contribution in [3.63, 3.8) is 0 Å². The number of halogens is 2. The van der Waals surface area contributed by atoms with Crippen molar-refractivity contribution in [2.45, 2.75) is 0 Å². The fourth-order valence-electron chi connectivity index (χ4n) is 1.82. The number of carboxylic acids is 1. The number of carboxylic acid groups (broad SMARTS) is 1. The Balaban J connectivity index is 2.17. The number of fused-ring (bicyclic) bond motifs is 1. The molecule has 0 aliphatic rings. The van der Waals surface area contributed by atoms with Crippen LogP contribution in [-0.2, 0) is 0 Å². The Morgan fingerprint density at radius 3 is 2.85 bits per heavy atom. The van der Waals surface area contributed by atoms with Gasteiger partial charge in [-0.25, -0.2) is 18.7 Å². The van der Waals surface area contributed by atoms with Crippen molar-refractivity contribution in [2.24, 2.45) is 0 Å². The molecule has 0 saturated heterocycles. The SMILES string of the molecule is O=C(O)c1cn2nc(-c3cc(Br)ccc3F)ccc2n1. The van der Waals surface area contributed by atoms with Crippen molar-refractivity contribution >= 4 is 27.5 Å². The van der Waals surface area contributed by atoms with E-state index in [4.69, 9.17) is 5.11 Å². The summed E-state index contributed by atoms with van der Waals surface area (Å²) >= 11 is 3.28. The van der Waals surface area contributed by atoms with E-state index in [0.717, 1.165) is 4.47 Å². The Kier molecular flexibility index (Phi) is 2.98. The molecule has 0 unspecified atom stereocenters. The van der Waals surface area contributed by atoms with Crippen molar-refractivity contribution in [3.8, 4) is 11.3 Å². The number of rotatable bonds is 2. The standard InChI is InChI=1S/C13H7BrFN3O2/c14-7-1-2-9(15)8(5-7)10-3-4-12-16-11(13(19)20)6-18(12)17-10/h1-6H,(H,19,20). The molecule has 0 radical (unpaired) electrons. The smallest absolute Gasteiger partial charge is 0.356 e. The highest BCUT2D eigenvalue weighted by Crippen LogP contribution is 2.24. The summed E-state index contributed by atoms with van der Waals surface area (Å²) in [7, 11) is 0. The molecule has 7 heteroatoms. The van der Waals surface area contributed by atoms with Crippen molar-refractivity contribution in [3.05, 3.63) is 52.5 Å². The third-order valence-corrected chi connectivity index (χ3v) is 3.24. The van der Waals surface area contributed by atoms with E-state index >= 15 is 0 Å². The minimum Gasteiger partial charge on any atom is -0.476 e. The average Bonchev–Trinajstić information content (AvgIpc) is 2.84. The maximum absolute atomic E-state index is 13.8. The number of carbonyl (C=O) groups is 1. The zero-order chi connectivity index (χ0) is 14.3. The normalized spacial score (nSPS) is 10.9. The number of nitrogens with zero attached hydrogens (tertiary/aromatic N) is 3. The zero-order valence-electron chi connectivity index (χ0n) is 9.92. The lowest BCUT2D eigenvalue weighted by Gasteiger charge is -2.03. The first kappa shape index (κ1) is 12.7. The fraction of sp³-hybridized carbons (Fsp3) is 0. The molecule has 0 aliphatic heterocycles. The molecule has 1 aromatic carbocycles. The lowest BCUT2D eigenvalue weighted by molar-refractivity contribution is 0.0691. The second kappa shape index (κ2) is 4.68. The molecule has 0 spiro atoms. The van der Waals surface area contributed by atoms with E-state index in [1.165, 1.54) is 16.8 Å². The molecule has 3 rings (SSSR count). The predicted octanol–water partition coefficient (Wildman–Crippen LogP) is 3.00. The fourth-order valence-corrected chi connectivity index (χ4v) is 2.18. The molecule has 100 valence electrons. The van der Waals surface area contributed by atoms with E-state index < -0.39 is 11.8 Å². The second-order valence-corrected chi connectivity index (χ2v) is 4.99. The van der Waals surface area contributed by atoms with Gasteiger partial charge in [0, 0.05) is 10.0 Å². The number of benzene rings is 1. The van der Waals surface area contributed by atoms with Gasteiger partial charge < -0.3 is 5.11 Å². The molecule has 0 bridgehead atoms. The summed E-state index contributed by atoms with van der Waals surface area (Å²) in [5, 5.41) is 13.1. The first-order valence-electron chi connectivity index (χ1n) is 5.60. The van der Waals surface area contributed by atoms with Gasteiger partial charge in [0.15, 0.2) is 11.3 Å². The first-order chi connectivity index (χ1) is 9.54. The Morgan fingerprint density at radius 1 is 1.30 bits per heavy atom. The molecule has 3 aromatic rings. The molecule has 0 atom stereocenters. The molecule has 0 saturated carbocycles. The molecule has 2 heterocycles. The average molecular weight is 336 g/mol. The molecule has 2 aromatic heterocycles. The number of aromatic carboxylic acids is 1. The van der Waals surface area contributed by atoms with Crippen LogP contribution in [0.15, 0.2) is 41.0 Å². The Morgan fingerprint density at radius 2 is 2.10 bits per heavy atom. The van der Waals surface area contributed by atoms with Gasteiger partial charge in [0.25, 0.3) is 0 Å². The minimum absolute atomic E-state index is 0.107. The van der Waals surface area contributed by atoms with Crippen molar-refractivity contribution in [2.75, 3.05) is 0 Å². The number of hydrogen-bond acceptors (Lipinski definition) is 3. The van der Waals surface area contributed by atoms with E-state index in [-0.39, 0.29) is 5.69 Å². The van der Waals surface area contributed by atoms with Crippen LogP contribution in [0, 0.1) is 5.82 Å². The molecule has 0 amide bonds. The summed E-state index contributed by atoms with van der Waals surface area (Å²) in [6, 6.07) is 7.73. The summed E-state index contributed by atoms with van der Waals surface area (Å²) in [5.74, 6) is -1.54. The van der Waals surface area contributed by atoms with Gasteiger partial charge in [0.1, 0.15) is 5.82 Å². The summed E-state index contributed by atoms with van der Waals surface area (Å²) in [5.41, 5.74) is 1.00. The maximum Gasteiger partial charge on any atom is 0.356 e.